The fraction of sp³-hybridized carbons (Fsp3) is 0.667. The summed E-state index contributed by atoms with van der Waals surface area (Å²) in [4.78, 5) is 0. The number of benzene rings is 1. The van der Waals surface area contributed by atoms with Crippen LogP contribution < -0.4 is 0 Å². The maximum absolute atomic E-state index is 5.52. The lowest BCUT2D eigenvalue weighted by Gasteiger charge is -2.08. The normalized spacial score (nSPS) is 11.0. The molecule has 1 aromatic rings. The number of hydrogen-bond donors (Lipinski definition) is 0. The second kappa shape index (κ2) is 16.8. The van der Waals surface area contributed by atoms with Gasteiger partial charge < -0.3 is 28.4 Å². The number of ether oxygens (including phenoxy) is 6. The highest BCUT2D eigenvalue weighted by Gasteiger charge is 1.94. The summed E-state index contributed by atoms with van der Waals surface area (Å²) in [7, 11) is 1.65. The van der Waals surface area contributed by atoms with Crippen molar-refractivity contribution in [3.63, 3.8) is 0 Å². The molecule has 0 aliphatic heterocycles. The van der Waals surface area contributed by atoms with Gasteiger partial charge in [-0.05, 0) is 5.56 Å². The van der Waals surface area contributed by atoms with Gasteiger partial charge in [-0.15, -0.1) is 0 Å². The zero-order valence-electron chi connectivity index (χ0n) is 14.6. The van der Waals surface area contributed by atoms with Gasteiger partial charge in [-0.3, -0.25) is 0 Å². The van der Waals surface area contributed by atoms with E-state index in [0.29, 0.717) is 72.7 Å². The fourth-order valence-corrected chi connectivity index (χ4v) is 1.79. The van der Waals surface area contributed by atoms with Gasteiger partial charge in [0.2, 0.25) is 0 Å². The predicted molar refractivity (Wildman–Crippen MR) is 91.3 cm³/mol. The first-order valence-corrected chi connectivity index (χ1v) is 8.35. The van der Waals surface area contributed by atoms with Crippen LogP contribution in [0, 0.1) is 0 Å². The van der Waals surface area contributed by atoms with Gasteiger partial charge in [-0.2, -0.15) is 0 Å². The SMILES string of the molecule is COCCOCCOCCOCCOCCOCc1ccccc1. The van der Waals surface area contributed by atoms with E-state index in [-0.39, 0.29) is 0 Å². The van der Waals surface area contributed by atoms with Gasteiger partial charge >= 0.3 is 0 Å². The second-order valence-electron chi connectivity index (χ2n) is 4.98. The molecule has 24 heavy (non-hydrogen) atoms. The molecule has 0 radical (unpaired) electrons. The molecule has 6 heteroatoms. The minimum absolute atomic E-state index is 0.561. The van der Waals surface area contributed by atoms with E-state index in [2.05, 4.69) is 0 Å². The number of methoxy groups -OCH3 is 1. The van der Waals surface area contributed by atoms with Gasteiger partial charge in [-0.25, -0.2) is 0 Å². The number of rotatable bonds is 17. The maximum Gasteiger partial charge on any atom is 0.0718 e. The minimum atomic E-state index is 0.561. The average Bonchev–Trinajstić information content (AvgIpc) is 2.62. The molecule has 6 nitrogen and oxygen atoms in total. The van der Waals surface area contributed by atoms with Crippen molar-refractivity contribution < 1.29 is 28.4 Å². The Hall–Kier alpha value is -1.02. The van der Waals surface area contributed by atoms with Crippen LogP contribution in [-0.2, 0) is 35.0 Å². The molecule has 138 valence electrons. The molecule has 0 heterocycles. The van der Waals surface area contributed by atoms with E-state index in [1.165, 1.54) is 5.56 Å². The molecule has 0 aliphatic carbocycles. The lowest BCUT2D eigenvalue weighted by molar-refractivity contribution is -0.0157. The van der Waals surface area contributed by atoms with Crippen molar-refractivity contribution in [2.75, 3.05) is 73.2 Å². The summed E-state index contributed by atoms with van der Waals surface area (Å²) < 4.78 is 31.9. The van der Waals surface area contributed by atoms with Crippen LogP contribution in [0.25, 0.3) is 0 Å². The summed E-state index contributed by atoms with van der Waals surface area (Å²) in [5.74, 6) is 0. The summed E-state index contributed by atoms with van der Waals surface area (Å²) in [6.07, 6.45) is 0. The topological polar surface area (TPSA) is 55.4 Å². The fourth-order valence-electron chi connectivity index (χ4n) is 1.79. The second-order valence-corrected chi connectivity index (χ2v) is 4.98. The summed E-state index contributed by atoms with van der Waals surface area (Å²) in [6.45, 7) is 6.39. The summed E-state index contributed by atoms with van der Waals surface area (Å²) in [6, 6.07) is 10.1. The van der Waals surface area contributed by atoms with E-state index >= 15 is 0 Å². The lowest BCUT2D eigenvalue weighted by Crippen LogP contribution is -2.13. The molecule has 0 aliphatic rings. The van der Waals surface area contributed by atoms with Crippen molar-refractivity contribution in [3.05, 3.63) is 35.9 Å². The van der Waals surface area contributed by atoms with Gasteiger partial charge in [0, 0.05) is 7.11 Å². The third kappa shape index (κ3) is 13.4. The Bertz CT molecular complexity index is 360. The van der Waals surface area contributed by atoms with E-state index in [0.717, 1.165) is 0 Å². The zero-order valence-corrected chi connectivity index (χ0v) is 14.6. The molecular formula is C18H30O6. The molecule has 1 rings (SSSR count). The first-order chi connectivity index (χ1) is 11.9. The Morgan fingerprint density at radius 1 is 0.542 bits per heavy atom. The Kier molecular flexibility index (Phi) is 14.7. The van der Waals surface area contributed by atoms with Gasteiger partial charge in [0.1, 0.15) is 0 Å². The van der Waals surface area contributed by atoms with Crippen LogP contribution in [0.15, 0.2) is 30.3 Å². The van der Waals surface area contributed by atoms with Crippen LogP contribution in [0.3, 0.4) is 0 Å². The first kappa shape index (κ1) is 21.0. The third-order valence-electron chi connectivity index (χ3n) is 3.03. The van der Waals surface area contributed by atoms with Crippen LogP contribution >= 0.6 is 0 Å². The van der Waals surface area contributed by atoms with Gasteiger partial charge in [-0.1, -0.05) is 30.3 Å². The molecule has 0 N–H and O–H groups in total. The molecule has 0 bridgehead atoms. The Morgan fingerprint density at radius 2 is 0.958 bits per heavy atom. The molecule has 0 unspecified atom stereocenters. The summed E-state index contributed by atoms with van der Waals surface area (Å²) in [5.41, 5.74) is 1.17. The molecule has 0 saturated heterocycles. The Balaban J connectivity index is 1.70. The minimum Gasteiger partial charge on any atom is -0.382 e. The number of hydrogen-bond acceptors (Lipinski definition) is 6. The van der Waals surface area contributed by atoms with Crippen LogP contribution in [0.2, 0.25) is 0 Å². The summed E-state index contributed by atoms with van der Waals surface area (Å²) >= 11 is 0. The molecule has 0 aromatic heterocycles. The smallest absolute Gasteiger partial charge is 0.0718 e. The average molecular weight is 342 g/mol. The largest absolute Gasteiger partial charge is 0.382 e. The van der Waals surface area contributed by atoms with E-state index in [4.69, 9.17) is 28.4 Å². The van der Waals surface area contributed by atoms with Crippen molar-refractivity contribution in [2.45, 2.75) is 6.61 Å². The predicted octanol–water partition coefficient (Wildman–Crippen LogP) is 1.92. The molecule has 0 saturated carbocycles. The van der Waals surface area contributed by atoms with E-state index in [9.17, 15) is 0 Å². The Labute approximate surface area is 144 Å². The quantitative estimate of drug-likeness (QED) is 0.403. The van der Waals surface area contributed by atoms with Crippen LogP contribution in [0.4, 0.5) is 0 Å². The highest BCUT2D eigenvalue weighted by atomic mass is 16.6. The van der Waals surface area contributed by atoms with Gasteiger partial charge in [0.05, 0.1) is 72.7 Å². The van der Waals surface area contributed by atoms with E-state index in [1.807, 2.05) is 30.3 Å². The molecule has 0 amide bonds. The van der Waals surface area contributed by atoms with Crippen molar-refractivity contribution in [3.8, 4) is 0 Å². The molecular weight excluding hydrogens is 312 g/mol. The zero-order chi connectivity index (χ0) is 17.1. The summed E-state index contributed by atoms with van der Waals surface area (Å²) in [5, 5.41) is 0. The standard InChI is InChI=1S/C18H30O6/c1-19-7-8-20-9-10-21-11-12-22-13-14-23-15-16-24-17-18-5-3-2-4-6-18/h2-6H,7-17H2,1H3. The molecule has 0 spiro atoms. The Morgan fingerprint density at radius 3 is 1.42 bits per heavy atom. The van der Waals surface area contributed by atoms with Crippen LogP contribution in [0.1, 0.15) is 5.56 Å². The lowest BCUT2D eigenvalue weighted by atomic mass is 10.2. The van der Waals surface area contributed by atoms with Crippen LogP contribution in [0.5, 0.6) is 0 Å². The van der Waals surface area contributed by atoms with Crippen molar-refractivity contribution >= 4 is 0 Å². The highest BCUT2D eigenvalue weighted by Crippen LogP contribution is 1.99. The third-order valence-corrected chi connectivity index (χ3v) is 3.03. The van der Waals surface area contributed by atoms with Gasteiger partial charge in [0.15, 0.2) is 0 Å². The van der Waals surface area contributed by atoms with Crippen molar-refractivity contribution in [1.82, 2.24) is 0 Å². The maximum atomic E-state index is 5.52. The van der Waals surface area contributed by atoms with Crippen LogP contribution in [-0.4, -0.2) is 73.2 Å². The monoisotopic (exact) mass is 342 g/mol. The van der Waals surface area contributed by atoms with Gasteiger partial charge in [0.25, 0.3) is 0 Å². The van der Waals surface area contributed by atoms with Crippen molar-refractivity contribution in [1.29, 1.82) is 0 Å². The van der Waals surface area contributed by atoms with E-state index in [1.54, 1.807) is 7.11 Å². The van der Waals surface area contributed by atoms with Crippen molar-refractivity contribution in [2.24, 2.45) is 0 Å². The molecule has 1 aromatic carbocycles. The first-order valence-electron chi connectivity index (χ1n) is 8.35. The van der Waals surface area contributed by atoms with E-state index < -0.39 is 0 Å². The highest BCUT2D eigenvalue weighted by molar-refractivity contribution is 5.13. The molecule has 0 atom stereocenters. The molecule has 0 fully saturated rings.